The number of carbonyl (C=O) groups is 1. The Morgan fingerprint density at radius 1 is 1.36 bits per heavy atom. The van der Waals surface area contributed by atoms with Crippen LogP contribution in [0.4, 0.5) is 0 Å². The highest BCUT2D eigenvalue weighted by molar-refractivity contribution is 7.99. The first-order valence-electron chi connectivity index (χ1n) is 4.13. The van der Waals surface area contributed by atoms with Crippen molar-refractivity contribution < 1.29 is 4.79 Å². The van der Waals surface area contributed by atoms with Crippen molar-refractivity contribution in [2.45, 2.75) is 38.9 Å². The van der Waals surface area contributed by atoms with Gasteiger partial charge in [-0.3, -0.25) is 4.79 Å². The van der Waals surface area contributed by atoms with E-state index in [2.05, 4.69) is 13.2 Å². The van der Waals surface area contributed by atoms with Crippen LogP contribution >= 0.6 is 11.8 Å². The summed E-state index contributed by atoms with van der Waals surface area (Å²) in [6.07, 6.45) is 3.86. The third kappa shape index (κ3) is 5.31. The van der Waals surface area contributed by atoms with E-state index in [1.165, 1.54) is 0 Å². The van der Waals surface area contributed by atoms with Gasteiger partial charge in [0.25, 0.3) is 0 Å². The van der Waals surface area contributed by atoms with E-state index in [-0.39, 0.29) is 5.92 Å². The summed E-state index contributed by atoms with van der Waals surface area (Å²) in [5, 5.41) is 0.623. The fourth-order valence-electron chi connectivity index (χ4n) is 0.752. The zero-order valence-electron chi connectivity index (χ0n) is 7.89. The molecule has 0 amide bonds. The highest BCUT2D eigenvalue weighted by Gasteiger charge is 2.08. The molecule has 0 spiro atoms. The summed E-state index contributed by atoms with van der Waals surface area (Å²) in [6, 6.07) is 0. The molecule has 66 valence electrons. The lowest BCUT2D eigenvalue weighted by atomic mass is 10.0. The van der Waals surface area contributed by atoms with Gasteiger partial charge in [-0.1, -0.05) is 20.8 Å². The lowest BCUT2D eigenvalue weighted by molar-refractivity contribution is -0.121. The van der Waals surface area contributed by atoms with Crippen LogP contribution in [-0.4, -0.2) is 17.3 Å². The van der Waals surface area contributed by atoms with Crippen LogP contribution in [0.1, 0.15) is 33.6 Å². The predicted molar refractivity (Wildman–Crippen MR) is 52.1 cm³/mol. The summed E-state index contributed by atoms with van der Waals surface area (Å²) in [5.41, 5.74) is 0. The van der Waals surface area contributed by atoms with Crippen molar-refractivity contribution in [2.24, 2.45) is 5.92 Å². The van der Waals surface area contributed by atoms with Crippen molar-refractivity contribution in [1.82, 2.24) is 0 Å². The third-order valence-electron chi connectivity index (χ3n) is 1.84. The first kappa shape index (κ1) is 11.0. The van der Waals surface area contributed by atoms with Crippen LogP contribution in [0.2, 0.25) is 0 Å². The normalized spacial score (nSPS) is 13.5. The number of carbonyl (C=O) groups excluding carboxylic acids is 1. The van der Waals surface area contributed by atoms with Crippen LogP contribution in [0, 0.1) is 5.92 Å². The molecule has 0 saturated carbocycles. The van der Waals surface area contributed by atoms with Gasteiger partial charge < -0.3 is 0 Å². The van der Waals surface area contributed by atoms with Crippen LogP contribution in [0.5, 0.6) is 0 Å². The van der Waals surface area contributed by atoms with Gasteiger partial charge >= 0.3 is 0 Å². The molecule has 0 fully saturated rings. The minimum atomic E-state index is 0.212. The number of hydrogen-bond donors (Lipinski definition) is 0. The molecule has 0 bridgehead atoms. The minimum Gasteiger partial charge on any atom is -0.299 e. The zero-order valence-corrected chi connectivity index (χ0v) is 8.70. The summed E-state index contributed by atoms with van der Waals surface area (Å²) in [5.74, 6) is 0.606. The summed E-state index contributed by atoms with van der Waals surface area (Å²) in [6.45, 7) is 6.09. The van der Waals surface area contributed by atoms with Crippen molar-refractivity contribution in [2.75, 3.05) is 6.26 Å². The Labute approximate surface area is 73.9 Å². The number of Topliss-reactive ketones (excluding diaryl/α,β-unsaturated/α-hetero) is 1. The number of thioether (sulfide) groups is 1. The SMILES string of the molecule is CS[C@H](C)CCC(=O)C(C)C. The van der Waals surface area contributed by atoms with Crippen molar-refractivity contribution in [1.29, 1.82) is 0 Å². The predicted octanol–water partition coefficient (Wildman–Crippen LogP) is 2.74. The summed E-state index contributed by atoms with van der Waals surface area (Å²) >= 11 is 1.83. The second-order valence-corrected chi connectivity index (χ2v) is 4.48. The first-order chi connectivity index (χ1) is 5.07. The second-order valence-electron chi connectivity index (χ2n) is 3.21. The molecule has 0 aliphatic rings. The largest absolute Gasteiger partial charge is 0.299 e. The molecule has 0 rings (SSSR count). The first-order valence-corrected chi connectivity index (χ1v) is 5.42. The Hall–Kier alpha value is 0.0200. The van der Waals surface area contributed by atoms with Gasteiger partial charge in [-0.2, -0.15) is 11.8 Å². The summed E-state index contributed by atoms with van der Waals surface area (Å²) in [4.78, 5) is 11.2. The van der Waals surface area contributed by atoms with Gasteiger partial charge in [0.1, 0.15) is 5.78 Å². The van der Waals surface area contributed by atoms with Gasteiger partial charge in [0, 0.05) is 17.6 Å². The molecule has 0 aliphatic carbocycles. The van der Waals surface area contributed by atoms with Crippen molar-refractivity contribution in [3.05, 3.63) is 0 Å². The Morgan fingerprint density at radius 2 is 1.91 bits per heavy atom. The van der Waals surface area contributed by atoms with Gasteiger partial charge in [-0.25, -0.2) is 0 Å². The fourth-order valence-corrected chi connectivity index (χ4v) is 1.11. The van der Waals surface area contributed by atoms with Crippen molar-refractivity contribution >= 4 is 17.5 Å². The Morgan fingerprint density at radius 3 is 2.27 bits per heavy atom. The molecule has 0 aliphatic heterocycles. The Balaban J connectivity index is 3.46. The molecule has 0 saturated heterocycles. The quantitative estimate of drug-likeness (QED) is 0.637. The average molecular weight is 174 g/mol. The maximum absolute atomic E-state index is 11.2. The van der Waals surface area contributed by atoms with Gasteiger partial charge in [-0.15, -0.1) is 0 Å². The van der Waals surface area contributed by atoms with Gasteiger partial charge in [-0.05, 0) is 12.7 Å². The Bertz CT molecular complexity index is 121. The van der Waals surface area contributed by atoms with Crippen LogP contribution < -0.4 is 0 Å². The molecule has 11 heavy (non-hydrogen) atoms. The summed E-state index contributed by atoms with van der Waals surface area (Å²) < 4.78 is 0. The highest BCUT2D eigenvalue weighted by Crippen LogP contribution is 2.13. The fraction of sp³-hybridized carbons (Fsp3) is 0.889. The lowest BCUT2D eigenvalue weighted by Gasteiger charge is -2.07. The molecule has 2 heteroatoms. The lowest BCUT2D eigenvalue weighted by Crippen LogP contribution is -2.09. The number of rotatable bonds is 5. The smallest absolute Gasteiger partial charge is 0.135 e. The van der Waals surface area contributed by atoms with Gasteiger partial charge in [0.2, 0.25) is 0 Å². The van der Waals surface area contributed by atoms with Crippen LogP contribution in [0.25, 0.3) is 0 Å². The van der Waals surface area contributed by atoms with E-state index in [9.17, 15) is 4.79 Å². The number of ketones is 1. The molecule has 0 N–H and O–H groups in total. The van der Waals surface area contributed by atoms with Crippen LogP contribution in [-0.2, 0) is 4.79 Å². The molecular weight excluding hydrogens is 156 g/mol. The van der Waals surface area contributed by atoms with E-state index in [1.54, 1.807) is 0 Å². The molecule has 0 radical (unpaired) electrons. The topological polar surface area (TPSA) is 17.1 Å². The number of hydrogen-bond acceptors (Lipinski definition) is 2. The van der Waals surface area contributed by atoms with E-state index in [0.29, 0.717) is 11.0 Å². The van der Waals surface area contributed by atoms with Gasteiger partial charge in [0.15, 0.2) is 0 Å². The van der Waals surface area contributed by atoms with E-state index in [1.807, 2.05) is 25.6 Å². The van der Waals surface area contributed by atoms with Crippen LogP contribution in [0.3, 0.4) is 0 Å². The highest BCUT2D eigenvalue weighted by atomic mass is 32.2. The van der Waals surface area contributed by atoms with Crippen LogP contribution in [0.15, 0.2) is 0 Å². The second kappa shape index (κ2) is 5.64. The molecule has 0 heterocycles. The Kier molecular flexibility index (Phi) is 5.65. The molecule has 1 atom stereocenters. The zero-order chi connectivity index (χ0) is 8.85. The van der Waals surface area contributed by atoms with E-state index >= 15 is 0 Å². The molecular formula is C9H18OS. The van der Waals surface area contributed by atoms with E-state index in [4.69, 9.17) is 0 Å². The monoisotopic (exact) mass is 174 g/mol. The third-order valence-corrected chi connectivity index (χ3v) is 2.88. The molecule has 0 aromatic heterocycles. The molecule has 1 nitrogen and oxygen atoms in total. The molecule has 0 aromatic carbocycles. The van der Waals surface area contributed by atoms with Crippen molar-refractivity contribution in [3.63, 3.8) is 0 Å². The summed E-state index contributed by atoms with van der Waals surface area (Å²) in [7, 11) is 0. The average Bonchev–Trinajstić information content (AvgIpc) is 1.99. The molecule has 0 aromatic rings. The maximum Gasteiger partial charge on any atom is 0.135 e. The minimum absolute atomic E-state index is 0.212. The maximum atomic E-state index is 11.2. The van der Waals surface area contributed by atoms with E-state index < -0.39 is 0 Å². The van der Waals surface area contributed by atoms with Gasteiger partial charge in [0.05, 0.1) is 0 Å². The van der Waals surface area contributed by atoms with Crippen molar-refractivity contribution in [3.8, 4) is 0 Å². The van der Waals surface area contributed by atoms with E-state index in [0.717, 1.165) is 12.8 Å². The standard InChI is InChI=1S/C9H18OS/c1-7(2)9(10)6-5-8(3)11-4/h7-8H,5-6H2,1-4H3/t8-/m1/s1. The molecule has 0 unspecified atom stereocenters.